The van der Waals surface area contributed by atoms with Crippen LogP contribution >= 0.6 is 36.4 Å². The minimum Gasteiger partial charge on any atom is -0.493 e. The van der Waals surface area contributed by atoms with Gasteiger partial charge in [0.2, 0.25) is 0 Å². The summed E-state index contributed by atoms with van der Waals surface area (Å²) in [5, 5.41) is 3.24. The fraction of sp³-hybridized carbons (Fsp3) is 0.704. The maximum Gasteiger partial charge on any atom is 0.311 e. The Hall–Kier alpha value is -1.49. The van der Waals surface area contributed by atoms with Crippen molar-refractivity contribution in [1.82, 2.24) is 15.1 Å². The van der Waals surface area contributed by atoms with Crippen molar-refractivity contribution in [2.45, 2.75) is 51.7 Å². The Morgan fingerprint density at radius 2 is 1.85 bits per heavy atom. The van der Waals surface area contributed by atoms with Gasteiger partial charge in [0.15, 0.2) is 0 Å². The first-order valence-corrected chi connectivity index (χ1v) is 14.0. The number of benzene rings is 1. The average Bonchev–Trinajstić information content (AvgIpc) is 2.92. The van der Waals surface area contributed by atoms with Crippen molar-refractivity contribution in [1.29, 1.82) is 0 Å². The number of fused-ring (bicyclic) bond motifs is 3. The highest BCUT2D eigenvalue weighted by atomic mass is 35.5. The van der Waals surface area contributed by atoms with Crippen molar-refractivity contribution < 1.29 is 23.8 Å². The number of morpholine rings is 1. The summed E-state index contributed by atoms with van der Waals surface area (Å²) in [6.45, 7) is 10.6. The summed E-state index contributed by atoms with van der Waals surface area (Å²) in [6, 6.07) is 3.28. The van der Waals surface area contributed by atoms with Crippen LogP contribution in [-0.4, -0.2) is 92.9 Å². The van der Waals surface area contributed by atoms with E-state index in [0.29, 0.717) is 49.2 Å². The number of nitrogens with one attached hydrogen (secondary N) is 1. The van der Waals surface area contributed by atoms with Crippen molar-refractivity contribution in [3.8, 4) is 5.75 Å². The molecular weight excluding hydrogens is 567 g/mol. The quantitative estimate of drug-likeness (QED) is 0.289. The molecule has 2 bridgehead atoms. The molecule has 4 fully saturated rings. The molecule has 1 aromatic carbocycles. The zero-order chi connectivity index (χ0) is 26.4. The molecule has 3 atom stereocenters. The molecular formula is C27H43Cl3N4O5. The van der Waals surface area contributed by atoms with E-state index < -0.39 is 5.92 Å². The number of rotatable bonds is 11. The Kier molecular flexibility index (Phi) is 13.9. The Balaban J connectivity index is 0.00000267. The number of hydrogen-bond donors (Lipinski definition) is 2. The standard InChI is InChI=1S/C27H41ClN4O5.2ClH/c1-3-20(32-9-11-35-12-10-32)13-19(27(34)37-25-17-31-7-5-18(25)6-8-31)16-30-26(33)21-14-22(28)23(29)15-24(21)36-4-2;;/h14-15,18-20,25H,3-13,16-17,29H2,1-2H3,(H,30,33);2*1H/t19-,20?,25-;;/m0../s1. The molecule has 1 aromatic rings. The van der Waals surface area contributed by atoms with Gasteiger partial charge in [0.05, 0.1) is 42.0 Å². The first-order valence-electron chi connectivity index (χ1n) is 13.6. The lowest BCUT2D eigenvalue weighted by Crippen LogP contribution is -2.53. The molecule has 0 saturated carbocycles. The summed E-state index contributed by atoms with van der Waals surface area (Å²) < 4.78 is 17.3. The molecule has 4 aliphatic rings. The lowest BCUT2D eigenvalue weighted by molar-refractivity contribution is -0.164. The van der Waals surface area contributed by atoms with Gasteiger partial charge in [-0.3, -0.25) is 19.4 Å². The number of anilines is 1. The van der Waals surface area contributed by atoms with E-state index in [9.17, 15) is 9.59 Å². The highest BCUT2D eigenvalue weighted by molar-refractivity contribution is 6.33. The van der Waals surface area contributed by atoms with Gasteiger partial charge >= 0.3 is 5.97 Å². The molecule has 4 heterocycles. The summed E-state index contributed by atoms with van der Waals surface area (Å²) in [6.07, 6.45) is 3.58. The van der Waals surface area contributed by atoms with E-state index in [-0.39, 0.29) is 60.4 Å². The maximum absolute atomic E-state index is 13.5. The van der Waals surface area contributed by atoms with E-state index in [1.807, 2.05) is 6.92 Å². The Morgan fingerprint density at radius 1 is 1.15 bits per heavy atom. The van der Waals surface area contributed by atoms with Crippen LogP contribution in [0.2, 0.25) is 5.02 Å². The third kappa shape index (κ3) is 8.75. The zero-order valence-corrected chi connectivity index (χ0v) is 25.3. The minimum atomic E-state index is -0.466. The summed E-state index contributed by atoms with van der Waals surface area (Å²) >= 11 is 6.20. The predicted octanol–water partition coefficient (Wildman–Crippen LogP) is 3.65. The van der Waals surface area contributed by atoms with Crippen LogP contribution in [0.5, 0.6) is 5.75 Å². The molecule has 1 amide bonds. The van der Waals surface area contributed by atoms with Crippen LogP contribution in [0.25, 0.3) is 0 Å². The van der Waals surface area contributed by atoms with E-state index in [0.717, 1.165) is 52.0 Å². The van der Waals surface area contributed by atoms with E-state index in [4.69, 9.17) is 31.5 Å². The molecule has 4 aliphatic heterocycles. The first kappa shape index (κ1) is 33.7. The molecule has 3 N–H and O–H groups in total. The van der Waals surface area contributed by atoms with Crippen LogP contribution in [0.4, 0.5) is 5.69 Å². The van der Waals surface area contributed by atoms with Crippen molar-refractivity contribution in [3.05, 3.63) is 22.7 Å². The van der Waals surface area contributed by atoms with Gasteiger partial charge in [0.1, 0.15) is 11.9 Å². The van der Waals surface area contributed by atoms with Crippen LogP contribution < -0.4 is 15.8 Å². The molecule has 222 valence electrons. The molecule has 9 nitrogen and oxygen atoms in total. The third-order valence-corrected chi connectivity index (χ3v) is 8.27. The topological polar surface area (TPSA) is 106 Å². The molecule has 0 aliphatic carbocycles. The van der Waals surface area contributed by atoms with E-state index in [1.54, 1.807) is 6.07 Å². The number of carbonyl (C=O) groups excluding carboxylic acids is 2. The fourth-order valence-corrected chi connectivity index (χ4v) is 5.89. The van der Waals surface area contributed by atoms with Crippen molar-refractivity contribution in [3.63, 3.8) is 0 Å². The second-order valence-corrected chi connectivity index (χ2v) is 10.7. The van der Waals surface area contributed by atoms with Gasteiger partial charge in [-0.2, -0.15) is 0 Å². The Bertz CT molecular complexity index is 942. The Labute approximate surface area is 249 Å². The van der Waals surface area contributed by atoms with Gasteiger partial charge in [0.25, 0.3) is 5.91 Å². The highest BCUT2D eigenvalue weighted by Gasteiger charge is 2.38. The molecule has 1 unspecified atom stereocenters. The number of nitrogens with two attached hydrogens (primary N) is 1. The minimum absolute atomic E-state index is 0. The number of nitrogens with zero attached hydrogens (tertiary/aromatic N) is 2. The van der Waals surface area contributed by atoms with E-state index >= 15 is 0 Å². The van der Waals surface area contributed by atoms with Gasteiger partial charge in [0, 0.05) is 38.3 Å². The molecule has 0 spiro atoms. The molecule has 12 heteroatoms. The first-order chi connectivity index (χ1) is 17.9. The molecule has 39 heavy (non-hydrogen) atoms. The monoisotopic (exact) mass is 608 g/mol. The number of esters is 1. The number of ether oxygens (including phenoxy) is 3. The summed E-state index contributed by atoms with van der Waals surface area (Å²) in [4.78, 5) is 31.5. The van der Waals surface area contributed by atoms with Crippen molar-refractivity contribution in [2.24, 2.45) is 11.8 Å². The van der Waals surface area contributed by atoms with Gasteiger partial charge in [-0.1, -0.05) is 18.5 Å². The lowest BCUT2D eigenvalue weighted by Gasteiger charge is -2.44. The largest absolute Gasteiger partial charge is 0.493 e. The van der Waals surface area contributed by atoms with Gasteiger partial charge < -0.3 is 25.3 Å². The van der Waals surface area contributed by atoms with Crippen molar-refractivity contribution >= 4 is 54.0 Å². The summed E-state index contributed by atoms with van der Waals surface area (Å²) in [5.74, 6) is -0.257. The second-order valence-electron chi connectivity index (χ2n) is 10.3. The normalized spacial score (nSPS) is 24.0. The summed E-state index contributed by atoms with van der Waals surface area (Å²) in [7, 11) is 0. The Morgan fingerprint density at radius 3 is 2.44 bits per heavy atom. The van der Waals surface area contributed by atoms with Crippen LogP contribution in [0, 0.1) is 11.8 Å². The van der Waals surface area contributed by atoms with Crippen LogP contribution in [0.3, 0.4) is 0 Å². The van der Waals surface area contributed by atoms with Crippen molar-refractivity contribution in [2.75, 3.05) is 64.8 Å². The number of carbonyl (C=O) groups is 2. The third-order valence-electron chi connectivity index (χ3n) is 7.94. The summed E-state index contributed by atoms with van der Waals surface area (Å²) in [5.41, 5.74) is 6.56. The lowest BCUT2D eigenvalue weighted by atomic mass is 9.85. The number of nitrogen functional groups attached to an aromatic ring is 1. The fourth-order valence-electron chi connectivity index (χ4n) is 5.73. The second kappa shape index (κ2) is 16.1. The number of piperidine rings is 3. The van der Waals surface area contributed by atoms with E-state index in [1.165, 1.54) is 6.07 Å². The molecule has 4 saturated heterocycles. The number of amides is 1. The van der Waals surface area contributed by atoms with E-state index in [2.05, 4.69) is 22.0 Å². The SMILES string of the molecule is CCOc1cc(N)c(Cl)cc1C(=O)NC[C@H](CC(CC)N1CCOCC1)C(=O)O[C@H]1CN2CCC1CC2.Cl.Cl. The van der Waals surface area contributed by atoms with Gasteiger partial charge in [-0.05, 0) is 57.7 Å². The highest BCUT2D eigenvalue weighted by Crippen LogP contribution is 2.31. The molecule has 0 aromatic heterocycles. The van der Waals surface area contributed by atoms with Crippen LogP contribution in [0.1, 0.15) is 49.9 Å². The molecule has 5 rings (SSSR count). The van der Waals surface area contributed by atoms with Crippen LogP contribution in [0.15, 0.2) is 12.1 Å². The molecule has 0 radical (unpaired) electrons. The van der Waals surface area contributed by atoms with Gasteiger partial charge in [-0.15, -0.1) is 24.8 Å². The number of halogens is 3. The smallest absolute Gasteiger partial charge is 0.311 e. The van der Waals surface area contributed by atoms with Crippen LogP contribution in [-0.2, 0) is 14.3 Å². The zero-order valence-electron chi connectivity index (χ0n) is 22.9. The maximum atomic E-state index is 13.5. The number of hydrogen-bond acceptors (Lipinski definition) is 8. The van der Waals surface area contributed by atoms with Gasteiger partial charge in [-0.25, -0.2) is 0 Å². The average molecular weight is 610 g/mol. The predicted molar refractivity (Wildman–Crippen MR) is 157 cm³/mol.